The third-order valence-electron chi connectivity index (χ3n) is 2.99. The highest BCUT2D eigenvalue weighted by atomic mass is 79.9. The predicted octanol–water partition coefficient (Wildman–Crippen LogP) is 4.14. The first kappa shape index (κ1) is 16.2. The van der Waals surface area contributed by atoms with Crippen LogP contribution in [-0.4, -0.2) is 15.0 Å². The van der Waals surface area contributed by atoms with Gasteiger partial charge in [-0.2, -0.15) is 0 Å². The SMILES string of the molecule is Cc1cc(S(=O)(=O)NCC(C)(C)c2cccs2)sc1Br. The smallest absolute Gasteiger partial charge is 0.210 e. The molecule has 0 radical (unpaired) electrons. The molecule has 3 nitrogen and oxygen atoms in total. The molecular weight excluding hydrogens is 378 g/mol. The van der Waals surface area contributed by atoms with E-state index in [9.17, 15) is 8.42 Å². The first-order valence-electron chi connectivity index (χ1n) is 6.02. The summed E-state index contributed by atoms with van der Waals surface area (Å²) in [5.74, 6) is 0. The first-order valence-corrected chi connectivity index (χ1v) is 9.99. The number of sulfonamides is 1. The summed E-state index contributed by atoms with van der Waals surface area (Å²) in [5, 5.41) is 2.01. The summed E-state index contributed by atoms with van der Waals surface area (Å²) in [6, 6.07) is 5.70. The lowest BCUT2D eigenvalue weighted by molar-refractivity contribution is 0.510. The van der Waals surface area contributed by atoms with Crippen molar-refractivity contribution in [2.45, 2.75) is 30.4 Å². The zero-order chi connectivity index (χ0) is 15.0. The number of rotatable bonds is 5. The molecule has 7 heteroatoms. The molecule has 110 valence electrons. The highest BCUT2D eigenvalue weighted by molar-refractivity contribution is 9.11. The summed E-state index contributed by atoms with van der Waals surface area (Å²) in [4.78, 5) is 1.17. The third-order valence-corrected chi connectivity index (χ3v) is 8.24. The summed E-state index contributed by atoms with van der Waals surface area (Å²) < 4.78 is 28.5. The van der Waals surface area contributed by atoms with Crippen LogP contribution < -0.4 is 4.72 Å². The monoisotopic (exact) mass is 393 g/mol. The van der Waals surface area contributed by atoms with Crippen LogP contribution in [0.15, 0.2) is 31.6 Å². The number of thiophene rings is 2. The van der Waals surface area contributed by atoms with Gasteiger partial charge >= 0.3 is 0 Å². The molecule has 0 bridgehead atoms. The van der Waals surface area contributed by atoms with Crippen LogP contribution in [0.4, 0.5) is 0 Å². The zero-order valence-corrected chi connectivity index (χ0v) is 15.5. The lowest BCUT2D eigenvalue weighted by atomic mass is 9.92. The maximum atomic E-state index is 12.3. The van der Waals surface area contributed by atoms with Crippen molar-refractivity contribution in [1.29, 1.82) is 0 Å². The standard InChI is InChI=1S/C13H16BrNO2S3/c1-9-7-11(19-12(9)14)20(16,17)15-8-13(2,3)10-5-4-6-18-10/h4-7,15H,8H2,1-3H3. The average Bonchev–Trinajstić information content (AvgIpc) is 2.99. The van der Waals surface area contributed by atoms with Crippen LogP contribution in [-0.2, 0) is 15.4 Å². The van der Waals surface area contributed by atoms with Crippen molar-refractivity contribution in [3.63, 3.8) is 0 Å². The van der Waals surface area contributed by atoms with Gasteiger partial charge in [-0.05, 0) is 45.9 Å². The van der Waals surface area contributed by atoms with Gasteiger partial charge < -0.3 is 0 Å². The maximum Gasteiger partial charge on any atom is 0.250 e. The second-order valence-corrected chi connectivity index (χ2v) is 10.5. The number of hydrogen-bond donors (Lipinski definition) is 1. The summed E-state index contributed by atoms with van der Waals surface area (Å²) in [5.41, 5.74) is 0.720. The Balaban J connectivity index is 2.14. The summed E-state index contributed by atoms with van der Waals surface area (Å²) in [6.45, 7) is 6.34. The van der Waals surface area contributed by atoms with E-state index in [1.165, 1.54) is 16.2 Å². The van der Waals surface area contributed by atoms with Gasteiger partial charge in [0.15, 0.2) is 0 Å². The van der Waals surface area contributed by atoms with Crippen LogP contribution in [0.5, 0.6) is 0 Å². The van der Waals surface area contributed by atoms with Crippen LogP contribution in [0, 0.1) is 6.92 Å². The van der Waals surface area contributed by atoms with Crippen LogP contribution in [0.3, 0.4) is 0 Å². The number of nitrogens with one attached hydrogen (secondary N) is 1. The minimum Gasteiger partial charge on any atom is -0.210 e. The second kappa shape index (κ2) is 5.88. The molecule has 2 rings (SSSR count). The Hall–Kier alpha value is -0.210. The molecule has 0 aliphatic heterocycles. The van der Waals surface area contributed by atoms with Crippen LogP contribution in [0.1, 0.15) is 24.3 Å². The van der Waals surface area contributed by atoms with E-state index in [1.54, 1.807) is 17.4 Å². The van der Waals surface area contributed by atoms with Crippen molar-refractivity contribution >= 4 is 48.6 Å². The van der Waals surface area contributed by atoms with Gasteiger partial charge in [0, 0.05) is 16.8 Å². The van der Waals surface area contributed by atoms with Gasteiger partial charge in [0.05, 0.1) is 3.79 Å². The fraction of sp³-hybridized carbons (Fsp3) is 0.385. The highest BCUT2D eigenvalue weighted by Crippen LogP contribution is 2.31. The fourth-order valence-corrected chi connectivity index (χ4v) is 6.00. The largest absolute Gasteiger partial charge is 0.250 e. The van der Waals surface area contributed by atoms with E-state index in [2.05, 4.69) is 20.7 Å². The van der Waals surface area contributed by atoms with Crippen molar-refractivity contribution in [3.8, 4) is 0 Å². The van der Waals surface area contributed by atoms with E-state index >= 15 is 0 Å². The van der Waals surface area contributed by atoms with E-state index in [4.69, 9.17) is 0 Å². The van der Waals surface area contributed by atoms with E-state index in [1.807, 2.05) is 38.3 Å². The third kappa shape index (κ3) is 3.51. The number of aryl methyl sites for hydroxylation is 1. The summed E-state index contributed by atoms with van der Waals surface area (Å²) in [7, 11) is -3.44. The Bertz CT molecular complexity index is 668. The van der Waals surface area contributed by atoms with Gasteiger partial charge in [0.2, 0.25) is 10.0 Å². The first-order chi connectivity index (χ1) is 9.22. The number of halogens is 1. The Morgan fingerprint density at radius 3 is 2.60 bits per heavy atom. The van der Waals surface area contributed by atoms with Crippen molar-refractivity contribution in [3.05, 3.63) is 37.8 Å². The molecule has 2 aromatic heterocycles. The minimum absolute atomic E-state index is 0.217. The summed E-state index contributed by atoms with van der Waals surface area (Å²) >= 11 is 6.24. The van der Waals surface area contributed by atoms with E-state index in [0.29, 0.717) is 10.8 Å². The van der Waals surface area contributed by atoms with Crippen molar-refractivity contribution < 1.29 is 8.42 Å². The van der Waals surface area contributed by atoms with Gasteiger partial charge in [0.25, 0.3) is 0 Å². The normalized spacial score (nSPS) is 12.8. The molecular formula is C13H16BrNO2S3. The molecule has 0 spiro atoms. The molecule has 0 unspecified atom stereocenters. The van der Waals surface area contributed by atoms with Gasteiger partial charge in [-0.3, -0.25) is 0 Å². The van der Waals surface area contributed by atoms with Crippen LogP contribution in [0.25, 0.3) is 0 Å². The molecule has 1 N–H and O–H groups in total. The molecule has 0 saturated carbocycles. The average molecular weight is 394 g/mol. The molecule has 0 fully saturated rings. The molecule has 0 aliphatic rings. The molecule has 2 heterocycles. The van der Waals surface area contributed by atoms with Gasteiger partial charge in [-0.25, -0.2) is 13.1 Å². The topological polar surface area (TPSA) is 46.2 Å². The second-order valence-electron chi connectivity index (χ2n) is 5.21. The molecule has 20 heavy (non-hydrogen) atoms. The lowest BCUT2D eigenvalue weighted by Gasteiger charge is -2.23. The minimum atomic E-state index is -3.44. The Morgan fingerprint density at radius 2 is 2.10 bits per heavy atom. The Labute approximate surface area is 136 Å². The molecule has 2 aromatic rings. The van der Waals surface area contributed by atoms with Crippen LogP contribution >= 0.6 is 38.6 Å². The molecule has 0 amide bonds. The van der Waals surface area contributed by atoms with Crippen molar-refractivity contribution in [1.82, 2.24) is 4.72 Å². The van der Waals surface area contributed by atoms with Gasteiger partial charge in [0.1, 0.15) is 4.21 Å². The van der Waals surface area contributed by atoms with Crippen LogP contribution in [0.2, 0.25) is 0 Å². The van der Waals surface area contributed by atoms with Crippen molar-refractivity contribution in [2.75, 3.05) is 6.54 Å². The quantitative estimate of drug-likeness (QED) is 0.829. The lowest BCUT2D eigenvalue weighted by Crippen LogP contribution is -2.35. The Kier molecular flexibility index (Phi) is 4.76. The number of hydrogen-bond acceptors (Lipinski definition) is 4. The van der Waals surface area contributed by atoms with Gasteiger partial charge in [-0.15, -0.1) is 22.7 Å². The van der Waals surface area contributed by atoms with E-state index in [0.717, 1.165) is 9.35 Å². The van der Waals surface area contributed by atoms with Gasteiger partial charge in [-0.1, -0.05) is 19.9 Å². The summed E-state index contributed by atoms with van der Waals surface area (Å²) in [6.07, 6.45) is 0. The van der Waals surface area contributed by atoms with E-state index in [-0.39, 0.29) is 5.41 Å². The molecule has 0 aromatic carbocycles. The molecule has 0 saturated heterocycles. The fourth-order valence-electron chi connectivity index (χ4n) is 1.66. The maximum absolute atomic E-state index is 12.3. The highest BCUT2D eigenvalue weighted by Gasteiger charge is 2.26. The Morgan fingerprint density at radius 1 is 1.40 bits per heavy atom. The van der Waals surface area contributed by atoms with E-state index < -0.39 is 10.0 Å². The predicted molar refractivity (Wildman–Crippen MR) is 89.3 cm³/mol. The molecule has 0 aliphatic carbocycles. The zero-order valence-electron chi connectivity index (χ0n) is 11.4. The van der Waals surface area contributed by atoms with Crippen molar-refractivity contribution in [2.24, 2.45) is 0 Å². The molecule has 0 atom stereocenters.